The van der Waals surface area contributed by atoms with E-state index in [1.165, 1.54) is 42.4 Å². The molecule has 0 fully saturated rings. The second-order valence-electron chi connectivity index (χ2n) is 6.60. The average molecular weight is 351 g/mol. The van der Waals surface area contributed by atoms with Gasteiger partial charge in [-0.1, -0.05) is 79.6 Å². The Morgan fingerprint density at radius 1 is 0.720 bits per heavy atom. The van der Waals surface area contributed by atoms with Crippen LogP contribution in [0.2, 0.25) is 0 Å². The van der Waals surface area contributed by atoms with Gasteiger partial charge >= 0.3 is 0 Å². The molecule has 0 aliphatic heterocycles. The molecule has 25 heavy (non-hydrogen) atoms. The van der Waals surface area contributed by atoms with Crippen molar-refractivity contribution in [3.63, 3.8) is 0 Å². The van der Waals surface area contributed by atoms with E-state index in [0.29, 0.717) is 0 Å². The molecular formula is C22H26N2S. The number of benzene rings is 2. The Morgan fingerprint density at radius 2 is 1.28 bits per heavy atom. The third-order valence-corrected chi connectivity index (χ3v) is 5.41. The summed E-state index contributed by atoms with van der Waals surface area (Å²) in [6.07, 6.45) is 7.29. The van der Waals surface area contributed by atoms with Crippen molar-refractivity contribution in [3.8, 4) is 10.6 Å². The van der Waals surface area contributed by atoms with Gasteiger partial charge in [-0.2, -0.15) is 0 Å². The summed E-state index contributed by atoms with van der Waals surface area (Å²) >= 11 is 1.64. The van der Waals surface area contributed by atoms with Gasteiger partial charge in [0.25, 0.3) is 0 Å². The van der Waals surface area contributed by atoms with Crippen molar-refractivity contribution >= 4 is 11.3 Å². The molecule has 2 aromatic carbocycles. The number of aromatic nitrogens is 2. The standard InChI is InChI=1S/C22H26N2S/c1-3-4-5-6-18-7-9-19(10-8-18)11-12-20-13-15-21(16-14-20)22-24-23-17(2)25-22/h7-10,13-16H,3-6,11-12H2,1-2H3. The zero-order valence-electron chi connectivity index (χ0n) is 15.2. The van der Waals surface area contributed by atoms with E-state index in [9.17, 15) is 0 Å². The van der Waals surface area contributed by atoms with E-state index >= 15 is 0 Å². The highest BCUT2D eigenvalue weighted by molar-refractivity contribution is 7.14. The molecule has 2 nitrogen and oxygen atoms in total. The van der Waals surface area contributed by atoms with Crippen LogP contribution < -0.4 is 0 Å². The Balaban J connectivity index is 1.53. The minimum Gasteiger partial charge on any atom is -0.143 e. The van der Waals surface area contributed by atoms with Gasteiger partial charge in [-0.25, -0.2) is 0 Å². The number of hydrogen-bond donors (Lipinski definition) is 0. The Labute approximate surface area is 155 Å². The highest BCUT2D eigenvalue weighted by Crippen LogP contribution is 2.23. The third kappa shape index (κ3) is 5.23. The van der Waals surface area contributed by atoms with Crippen LogP contribution in [-0.4, -0.2) is 10.2 Å². The van der Waals surface area contributed by atoms with Crippen LogP contribution in [0, 0.1) is 6.92 Å². The van der Waals surface area contributed by atoms with Crippen molar-refractivity contribution in [2.75, 3.05) is 0 Å². The minimum absolute atomic E-state index is 1.00. The van der Waals surface area contributed by atoms with Crippen LogP contribution >= 0.6 is 11.3 Å². The Kier molecular flexibility index (Phi) is 6.35. The van der Waals surface area contributed by atoms with Crippen LogP contribution in [0.15, 0.2) is 48.5 Å². The van der Waals surface area contributed by atoms with Crippen LogP contribution in [0.1, 0.15) is 47.9 Å². The van der Waals surface area contributed by atoms with E-state index < -0.39 is 0 Å². The van der Waals surface area contributed by atoms with Crippen molar-refractivity contribution in [2.45, 2.75) is 52.4 Å². The van der Waals surface area contributed by atoms with E-state index in [-0.39, 0.29) is 0 Å². The van der Waals surface area contributed by atoms with E-state index in [1.54, 1.807) is 11.3 Å². The number of aryl methyl sites for hydroxylation is 4. The summed E-state index contributed by atoms with van der Waals surface area (Å²) in [4.78, 5) is 0. The minimum atomic E-state index is 1.00. The lowest BCUT2D eigenvalue weighted by Gasteiger charge is -2.05. The molecule has 0 aliphatic carbocycles. The largest absolute Gasteiger partial charge is 0.147 e. The second-order valence-corrected chi connectivity index (χ2v) is 7.78. The monoisotopic (exact) mass is 350 g/mol. The Morgan fingerprint density at radius 3 is 1.80 bits per heavy atom. The predicted molar refractivity (Wildman–Crippen MR) is 107 cm³/mol. The van der Waals surface area contributed by atoms with Gasteiger partial charge in [0, 0.05) is 5.56 Å². The van der Waals surface area contributed by atoms with Gasteiger partial charge in [-0.05, 0) is 49.3 Å². The summed E-state index contributed by atoms with van der Waals surface area (Å²) in [6.45, 7) is 4.25. The molecule has 0 spiro atoms. The maximum atomic E-state index is 4.21. The molecule has 0 amide bonds. The lowest BCUT2D eigenvalue weighted by molar-refractivity contribution is 0.717. The first-order chi connectivity index (χ1) is 12.2. The van der Waals surface area contributed by atoms with Gasteiger partial charge < -0.3 is 0 Å². The summed E-state index contributed by atoms with van der Waals surface area (Å²) in [5, 5.41) is 10.3. The van der Waals surface area contributed by atoms with Crippen LogP contribution in [-0.2, 0) is 19.3 Å². The van der Waals surface area contributed by atoms with Crippen LogP contribution in [0.5, 0.6) is 0 Å². The first-order valence-electron chi connectivity index (χ1n) is 9.22. The molecule has 0 unspecified atom stereocenters. The van der Waals surface area contributed by atoms with Crippen LogP contribution in [0.4, 0.5) is 0 Å². The lowest BCUT2D eigenvalue weighted by Crippen LogP contribution is -1.93. The fourth-order valence-electron chi connectivity index (χ4n) is 2.97. The smallest absolute Gasteiger partial charge is 0.143 e. The fraction of sp³-hybridized carbons (Fsp3) is 0.364. The normalized spacial score (nSPS) is 11.0. The van der Waals surface area contributed by atoms with Gasteiger partial charge in [0.05, 0.1) is 0 Å². The van der Waals surface area contributed by atoms with Gasteiger partial charge in [-0.3, -0.25) is 0 Å². The highest BCUT2D eigenvalue weighted by Gasteiger charge is 2.04. The molecule has 3 aromatic rings. The highest BCUT2D eigenvalue weighted by atomic mass is 32.1. The summed E-state index contributed by atoms with van der Waals surface area (Å²) in [5.41, 5.74) is 5.42. The van der Waals surface area contributed by atoms with Crippen LogP contribution in [0.25, 0.3) is 10.6 Å². The topological polar surface area (TPSA) is 25.8 Å². The zero-order valence-corrected chi connectivity index (χ0v) is 16.0. The molecule has 130 valence electrons. The maximum absolute atomic E-state index is 4.21. The molecule has 0 bridgehead atoms. The molecule has 0 saturated heterocycles. The molecule has 0 N–H and O–H groups in total. The molecule has 0 atom stereocenters. The summed E-state index contributed by atoms with van der Waals surface area (Å²) < 4.78 is 0. The molecular weight excluding hydrogens is 324 g/mol. The van der Waals surface area contributed by atoms with Crippen molar-refractivity contribution in [2.24, 2.45) is 0 Å². The van der Waals surface area contributed by atoms with Gasteiger partial charge in [-0.15, -0.1) is 10.2 Å². The van der Waals surface area contributed by atoms with Gasteiger partial charge in [0.15, 0.2) is 0 Å². The molecule has 1 heterocycles. The summed E-state index contributed by atoms with van der Waals surface area (Å²) in [7, 11) is 0. The number of rotatable bonds is 8. The molecule has 3 heteroatoms. The SMILES string of the molecule is CCCCCc1ccc(CCc2ccc(-c3nnc(C)s3)cc2)cc1. The first kappa shape index (κ1) is 17.8. The van der Waals surface area contributed by atoms with Crippen molar-refractivity contribution in [1.29, 1.82) is 0 Å². The van der Waals surface area contributed by atoms with Crippen molar-refractivity contribution in [1.82, 2.24) is 10.2 Å². The average Bonchev–Trinajstić information content (AvgIpc) is 3.08. The van der Waals surface area contributed by atoms with Crippen molar-refractivity contribution < 1.29 is 0 Å². The fourth-order valence-corrected chi connectivity index (χ4v) is 3.66. The number of nitrogens with zero attached hydrogens (tertiary/aromatic N) is 2. The molecule has 3 rings (SSSR count). The summed E-state index contributed by atoms with van der Waals surface area (Å²) in [6, 6.07) is 17.9. The molecule has 0 aliphatic rings. The predicted octanol–water partition coefficient (Wildman–Crippen LogP) is 6.03. The van der Waals surface area contributed by atoms with E-state index in [4.69, 9.17) is 0 Å². The number of hydrogen-bond acceptors (Lipinski definition) is 3. The lowest BCUT2D eigenvalue weighted by atomic mass is 10.0. The molecule has 0 radical (unpaired) electrons. The van der Waals surface area contributed by atoms with Gasteiger partial charge in [0.1, 0.15) is 10.0 Å². The summed E-state index contributed by atoms with van der Waals surface area (Å²) in [5.74, 6) is 0. The van der Waals surface area contributed by atoms with E-state index in [1.807, 2.05) is 6.92 Å². The quantitative estimate of drug-likeness (QED) is 0.463. The van der Waals surface area contributed by atoms with E-state index in [2.05, 4.69) is 65.7 Å². The second kappa shape index (κ2) is 8.91. The van der Waals surface area contributed by atoms with Gasteiger partial charge in [0.2, 0.25) is 0 Å². The Bertz CT molecular complexity index is 773. The van der Waals surface area contributed by atoms with E-state index in [0.717, 1.165) is 28.4 Å². The molecule has 1 aromatic heterocycles. The van der Waals surface area contributed by atoms with Crippen LogP contribution in [0.3, 0.4) is 0 Å². The number of unbranched alkanes of at least 4 members (excludes halogenated alkanes) is 2. The first-order valence-corrected chi connectivity index (χ1v) is 10.0. The third-order valence-electron chi connectivity index (χ3n) is 4.52. The van der Waals surface area contributed by atoms with Crippen molar-refractivity contribution in [3.05, 3.63) is 70.2 Å². The maximum Gasteiger partial charge on any atom is 0.147 e. The zero-order chi connectivity index (χ0) is 17.5. The Hall–Kier alpha value is -2.00. The molecule has 0 saturated carbocycles.